The summed E-state index contributed by atoms with van der Waals surface area (Å²) in [5, 5.41) is 30.3. The van der Waals surface area contributed by atoms with Gasteiger partial charge in [-0.3, -0.25) is 0 Å². The average molecular weight is 251 g/mol. The predicted molar refractivity (Wildman–Crippen MR) is 53.7 cm³/mol. The molecule has 0 aliphatic heterocycles. The van der Waals surface area contributed by atoms with Crippen LogP contribution in [-0.2, 0) is 6.18 Å². The SMILES string of the molecule is CNC[C@@H](O)c1ccc(O)c(O)c1C(F)(F)F. The minimum Gasteiger partial charge on any atom is -0.504 e. The molecule has 96 valence electrons. The Morgan fingerprint density at radius 1 is 1.29 bits per heavy atom. The monoisotopic (exact) mass is 251 g/mol. The van der Waals surface area contributed by atoms with E-state index in [2.05, 4.69) is 5.32 Å². The zero-order valence-electron chi connectivity index (χ0n) is 8.91. The summed E-state index contributed by atoms with van der Waals surface area (Å²) in [4.78, 5) is 0. The van der Waals surface area contributed by atoms with Crippen LogP contribution in [0.15, 0.2) is 12.1 Å². The Morgan fingerprint density at radius 3 is 2.35 bits per heavy atom. The Kier molecular flexibility index (Phi) is 3.84. The lowest BCUT2D eigenvalue weighted by molar-refractivity contribution is -0.140. The number of alkyl halides is 3. The summed E-state index contributed by atoms with van der Waals surface area (Å²) in [5.74, 6) is -2.15. The second-order valence-electron chi connectivity index (χ2n) is 3.47. The number of rotatable bonds is 3. The molecule has 7 heteroatoms. The molecule has 4 nitrogen and oxygen atoms in total. The summed E-state index contributed by atoms with van der Waals surface area (Å²) >= 11 is 0. The quantitative estimate of drug-likeness (QED) is 0.612. The fraction of sp³-hybridized carbons (Fsp3) is 0.400. The third-order valence-corrected chi connectivity index (χ3v) is 2.23. The molecule has 0 fully saturated rings. The van der Waals surface area contributed by atoms with Crippen molar-refractivity contribution >= 4 is 0 Å². The third kappa shape index (κ3) is 2.80. The molecule has 0 bridgehead atoms. The fourth-order valence-electron chi connectivity index (χ4n) is 1.47. The molecule has 4 N–H and O–H groups in total. The van der Waals surface area contributed by atoms with Crippen LogP contribution in [0.2, 0.25) is 0 Å². The van der Waals surface area contributed by atoms with Crippen molar-refractivity contribution in [3.05, 3.63) is 23.3 Å². The van der Waals surface area contributed by atoms with Crippen molar-refractivity contribution in [1.82, 2.24) is 5.32 Å². The summed E-state index contributed by atoms with van der Waals surface area (Å²) in [6, 6.07) is 1.83. The van der Waals surface area contributed by atoms with E-state index >= 15 is 0 Å². The number of aromatic hydroxyl groups is 2. The molecule has 0 aromatic heterocycles. The first kappa shape index (κ1) is 13.6. The van der Waals surface area contributed by atoms with Crippen molar-refractivity contribution in [2.75, 3.05) is 13.6 Å². The van der Waals surface area contributed by atoms with E-state index in [9.17, 15) is 23.4 Å². The molecule has 0 amide bonds. The third-order valence-electron chi connectivity index (χ3n) is 2.23. The van der Waals surface area contributed by atoms with Gasteiger partial charge in [0.25, 0.3) is 0 Å². The first-order valence-corrected chi connectivity index (χ1v) is 4.73. The molecular weight excluding hydrogens is 239 g/mol. The maximum atomic E-state index is 12.7. The highest BCUT2D eigenvalue weighted by Crippen LogP contribution is 2.44. The molecule has 0 radical (unpaired) electrons. The van der Waals surface area contributed by atoms with E-state index in [0.29, 0.717) is 0 Å². The zero-order chi connectivity index (χ0) is 13.2. The Bertz CT molecular complexity index is 407. The number of phenolic OH excluding ortho intramolecular Hbond substituents is 2. The molecule has 0 unspecified atom stereocenters. The molecule has 1 atom stereocenters. The van der Waals surface area contributed by atoms with Gasteiger partial charge in [0, 0.05) is 6.54 Å². The van der Waals surface area contributed by atoms with Crippen molar-refractivity contribution in [3.63, 3.8) is 0 Å². The van der Waals surface area contributed by atoms with Crippen LogP contribution in [-0.4, -0.2) is 28.9 Å². The van der Waals surface area contributed by atoms with Crippen LogP contribution < -0.4 is 5.32 Å². The summed E-state index contributed by atoms with van der Waals surface area (Å²) in [6.45, 7) is -0.104. The number of halogens is 3. The number of nitrogens with one attached hydrogen (secondary N) is 1. The molecule has 0 aliphatic carbocycles. The zero-order valence-corrected chi connectivity index (χ0v) is 8.91. The van der Waals surface area contributed by atoms with Gasteiger partial charge in [0.15, 0.2) is 11.5 Å². The number of hydrogen-bond donors (Lipinski definition) is 4. The molecule has 17 heavy (non-hydrogen) atoms. The number of likely N-dealkylation sites (N-methyl/N-ethyl adjacent to an activating group) is 1. The Labute approximate surface area is 95.3 Å². The number of aliphatic hydroxyl groups is 1. The van der Waals surface area contributed by atoms with Crippen LogP contribution in [0.3, 0.4) is 0 Å². The molecule has 0 saturated heterocycles. The number of phenols is 2. The van der Waals surface area contributed by atoms with Crippen molar-refractivity contribution < 1.29 is 28.5 Å². The van der Waals surface area contributed by atoms with Crippen LogP contribution in [0, 0.1) is 0 Å². The normalized spacial score (nSPS) is 13.7. The van der Waals surface area contributed by atoms with Crippen LogP contribution in [0.4, 0.5) is 13.2 Å². The van der Waals surface area contributed by atoms with Gasteiger partial charge in [0.1, 0.15) is 5.56 Å². The Morgan fingerprint density at radius 2 is 1.88 bits per heavy atom. The van der Waals surface area contributed by atoms with Gasteiger partial charge in [0.2, 0.25) is 0 Å². The van der Waals surface area contributed by atoms with Gasteiger partial charge in [0.05, 0.1) is 6.10 Å². The van der Waals surface area contributed by atoms with Crippen molar-refractivity contribution in [2.45, 2.75) is 12.3 Å². The first-order chi connectivity index (χ1) is 7.79. The van der Waals surface area contributed by atoms with Crippen LogP contribution in [0.25, 0.3) is 0 Å². The largest absolute Gasteiger partial charge is 0.504 e. The van der Waals surface area contributed by atoms with E-state index in [1.807, 2.05) is 0 Å². The van der Waals surface area contributed by atoms with Gasteiger partial charge >= 0.3 is 6.18 Å². The number of hydrogen-bond acceptors (Lipinski definition) is 4. The lowest BCUT2D eigenvalue weighted by atomic mass is 10.00. The Balaban J connectivity index is 3.35. The van der Waals surface area contributed by atoms with E-state index in [-0.39, 0.29) is 6.54 Å². The standard InChI is InChI=1S/C10H12F3NO3/c1-14-4-7(16)5-2-3-6(15)9(17)8(5)10(11,12)13/h2-3,7,14-17H,4H2,1H3/t7-/m1/s1. The Hall–Kier alpha value is -1.47. The highest BCUT2D eigenvalue weighted by molar-refractivity contribution is 5.51. The number of aliphatic hydroxyl groups excluding tert-OH is 1. The van der Waals surface area contributed by atoms with Gasteiger partial charge < -0.3 is 20.6 Å². The lowest BCUT2D eigenvalue weighted by Crippen LogP contribution is -2.20. The van der Waals surface area contributed by atoms with Crippen LogP contribution in [0.1, 0.15) is 17.2 Å². The maximum absolute atomic E-state index is 12.7. The summed E-state index contributed by atoms with van der Waals surface area (Å²) in [5.41, 5.74) is -1.90. The van der Waals surface area contributed by atoms with E-state index < -0.39 is 34.9 Å². The fourth-order valence-corrected chi connectivity index (χ4v) is 1.47. The van der Waals surface area contributed by atoms with Gasteiger partial charge in [-0.25, -0.2) is 0 Å². The van der Waals surface area contributed by atoms with Crippen molar-refractivity contribution in [2.24, 2.45) is 0 Å². The van der Waals surface area contributed by atoms with Crippen LogP contribution in [0.5, 0.6) is 11.5 Å². The topological polar surface area (TPSA) is 72.7 Å². The highest BCUT2D eigenvalue weighted by Gasteiger charge is 2.39. The summed E-state index contributed by atoms with van der Waals surface area (Å²) in [7, 11) is 1.47. The van der Waals surface area contributed by atoms with Gasteiger partial charge in [-0.2, -0.15) is 13.2 Å². The smallest absolute Gasteiger partial charge is 0.420 e. The summed E-state index contributed by atoms with van der Waals surface area (Å²) < 4.78 is 38.1. The molecule has 1 rings (SSSR count). The molecule has 0 spiro atoms. The van der Waals surface area contributed by atoms with E-state index in [4.69, 9.17) is 5.11 Å². The van der Waals surface area contributed by atoms with Gasteiger partial charge in [-0.1, -0.05) is 6.07 Å². The maximum Gasteiger partial charge on any atom is 0.420 e. The molecule has 1 aromatic carbocycles. The highest BCUT2D eigenvalue weighted by atomic mass is 19.4. The predicted octanol–water partition coefficient (Wildman–Crippen LogP) is 1.37. The minimum atomic E-state index is -4.85. The minimum absolute atomic E-state index is 0.104. The summed E-state index contributed by atoms with van der Waals surface area (Å²) in [6.07, 6.45) is -6.28. The van der Waals surface area contributed by atoms with Crippen molar-refractivity contribution in [1.29, 1.82) is 0 Å². The molecule has 0 aliphatic rings. The van der Waals surface area contributed by atoms with E-state index in [1.54, 1.807) is 0 Å². The molecule has 0 saturated carbocycles. The number of benzene rings is 1. The lowest BCUT2D eigenvalue weighted by Gasteiger charge is -2.18. The van der Waals surface area contributed by atoms with Gasteiger partial charge in [-0.05, 0) is 18.7 Å². The van der Waals surface area contributed by atoms with E-state index in [1.165, 1.54) is 7.05 Å². The average Bonchev–Trinajstić information content (AvgIpc) is 2.20. The first-order valence-electron chi connectivity index (χ1n) is 4.73. The van der Waals surface area contributed by atoms with E-state index in [0.717, 1.165) is 12.1 Å². The van der Waals surface area contributed by atoms with Crippen LogP contribution >= 0.6 is 0 Å². The molecule has 0 heterocycles. The molecule has 1 aromatic rings. The molecular formula is C10H12F3NO3. The van der Waals surface area contributed by atoms with Gasteiger partial charge in [-0.15, -0.1) is 0 Å². The van der Waals surface area contributed by atoms with Crippen molar-refractivity contribution in [3.8, 4) is 11.5 Å². The second-order valence-corrected chi connectivity index (χ2v) is 3.47. The second kappa shape index (κ2) is 4.80.